The molecule has 0 amide bonds. The largest absolute Gasteiger partial charge is 0.237 e. The molecular weight excluding hydrogens is 252 g/mol. The number of rotatable bonds is 0. The van der Waals surface area contributed by atoms with Crippen LogP contribution in [-0.4, -0.2) is 9.97 Å². The number of aryl methyl sites for hydroxylation is 2. The molecule has 19 heavy (non-hydrogen) atoms. The van der Waals surface area contributed by atoms with Crippen molar-refractivity contribution in [2.24, 2.45) is 0 Å². The Labute approximate surface area is 114 Å². The Morgan fingerprint density at radius 3 is 2.58 bits per heavy atom. The van der Waals surface area contributed by atoms with Crippen molar-refractivity contribution in [1.29, 1.82) is 0 Å². The van der Waals surface area contributed by atoms with Crippen molar-refractivity contribution in [2.45, 2.75) is 13.8 Å². The van der Waals surface area contributed by atoms with E-state index in [1.54, 1.807) is 11.3 Å². The summed E-state index contributed by atoms with van der Waals surface area (Å²) >= 11 is 1.80. The van der Waals surface area contributed by atoms with Crippen LogP contribution >= 0.6 is 11.3 Å². The predicted molar refractivity (Wildman–Crippen MR) is 81.9 cm³/mol. The minimum atomic E-state index is 0.845. The molecule has 0 aliphatic heterocycles. The predicted octanol–water partition coefficient (Wildman–Crippen LogP) is 4.61. The summed E-state index contributed by atoms with van der Waals surface area (Å²) in [5, 5.41) is 3.83. The van der Waals surface area contributed by atoms with E-state index in [9.17, 15) is 0 Å². The lowest BCUT2D eigenvalue weighted by Crippen LogP contribution is -1.89. The molecule has 92 valence electrons. The van der Waals surface area contributed by atoms with E-state index < -0.39 is 0 Å². The van der Waals surface area contributed by atoms with E-state index in [1.165, 1.54) is 25.6 Å². The van der Waals surface area contributed by atoms with Crippen molar-refractivity contribution < 1.29 is 0 Å². The first-order valence-corrected chi connectivity index (χ1v) is 7.11. The Morgan fingerprint density at radius 1 is 0.842 bits per heavy atom. The van der Waals surface area contributed by atoms with E-state index >= 15 is 0 Å². The van der Waals surface area contributed by atoms with Crippen molar-refractivity contribution in [3.63, 3.8) is 0 Å². The van der Waals surface area contributed by atoms with Crippen molar-refractivity contribution in [1.82, 2.24) is 9.97 Å². The van der Waals surface area contributed by atoms with E-state index in [1.807, 2.05) is 6.92 Å². The highest BCUT2D eigenvalue weighted by Crippen LogP contribution is 2.38. The molecule has 2 aromatic carbocycles. The first-order valence-electron chi connectivity index (χ1n) is 6.29. The van der Waals surface area contributed by atoms with Gasteiger partial charge < -0.3 is 0 Å². The molecule has 4 rings (SSSR count). The number of aromatic nitrogens is 2. The maximum atomic E-state index is 4.63. The molecule has 0 aliphatic carbocycles. The zero-order chi connectivity index (χ0) is 13.0. The van der Waals surface area contributed by atoms with Crippen LogP contribution in [0.15, 0.2) is 36.4 Å². The van der Waals surface area contributed by atoms with Crippen LogP contribution in [0, 0.1) is 13.8 Å². The summed E-state index contributed by atoms with van der Waals surface area (Å²) in [6.07, 6.45) is 0. The van der Waals surface area contributed by atoms with Crippen LogP contribution in [0.4, 0.5) is 0 Å². The van der Waals surface area contributed by atoms with Gasteiger partial charge >= 0.3 is 0 Å². The molecule has 0 spiro atoms. The number of nitrogens with zero attached hydrogens (tertiary/aromatic N) is 2. The molecule has 2 nitrogen and oxygen atoms in total. The highest BCUT2D eigenvalue weighted by atomic mass is 32.1. The summed E-state index contributed by atoms with van der Waals surface area (Å²) in [5.41, 5.74) is 2.17. The zero-order valence-corrected chi connectivity index (χ0v) is 11.6. The van der Waals surface area contributed by atoms with Gasteiger partial charge in [-0.2, -0.15) is 0 Å². The van der Waals surface area contributed by atoms with E-state index in [0.29, 0.717) is 0 Å². The van der Waals surface area contributed by atoms with Crippen LogP contribution in [0.5, 0.6) is 0 Å². The first kappa shape index (κ1) is 10.9. The zero-order valence-electron chi connectivity index (χ0n) is 10.8. The Morgan fingerprint density at radius 2 is 1.68 bits per heavy atom. The van der Waals surface area contributed by atoms with Crippen LogP contribution in [0.2, 0.25) is 0 Å². The van der Waals surface area contributed by atoms with Gasteiger partial charge in [0, 0.05) is 10.1 Å². The van der Waals surface area contributed by atoms with Gasteiger partial charge in [0.25, 0.3) is 0 Å². The average Bonchev–Trinajstić information content (AvgIpc) is 2.78. The Kier molecular flexibility index (Phi) is 2.15. The molecule has 0 atom stereocenters. The summed E-state index contributed by atoms with van der Waals surface area (Å²) in [7, 11) is 0. The Bertz CT molecular complexity index is 938. The third-order valence-corrected chi connectivity index (χ3v) is 4.82. The smallest absolute Gasteiger partial charge is 0.126 e. The molecule has 2 heterocycles. The minimum absolute atomic E-state index is 0.845. The van der Waals surface area contributed by atoms with Crippen molar-refractivity contribution in [3.05, 3.63) is 47.9 Å². The monoisotopic (exact) mass is 264 g/mol. The fraction of sp³-hybridized carbons (Fsp3) is 0.125. The van der Waals surface area contributed by atoms with Crippen LogP contribution in [-0.2, 0) is 0 Å². The second-order valence-electron chi connectivity index (χ2n) is 4.80. The van der Waals surface area contributed by atoms with Crippen LogP contribution in [0.25, 0.3) is 31.1 Å². The standard InChI is InChI=1S/C16H12N2S/c1-9-15-14(18-10(2)17-9)13-8-7-11-5-3-4-6-12(11)16(13)19-15/h3-8H,1-2H3. The molecule has 0 unspecified atom stereocenters. The molecule has 0 fully saturated rings. The third kappa shape index (κ3) is 1.48. The SMILES string of the molecule is Cc1nc(C)c2sc3c4ccccc4ccc3c2n1. The maximum absolute atomic E-state index is 4.63. The van der Waals surface area contributed by atoms with Gasteiger partial charge in [-0.1, -0.05) is 36.4 Å². The molecule has 0 radical (unpaired) electrons. The third-order valence-electron chi connectivity index (χ3n) is 3.49. The summed E-state index contributed by atoms with van der Waals surface area (Å²) in [6.45, 7) is 4.02. The summed E-state index contributed by atoms with van der Waals surface area (Å²) in [4.78, 5) is 9.11. The molecular formula is C16H12N2S. The van der Waals surface area contributed by atoms with Gasteiger partial charge in [-0.05, 0) is 24.6 Å². The molecule has 2 aromatic heterocycles. The molecule has 0 aliphatic rings. The fourth-order valence-electron chi connectivity index (χ4n) is 2.65. The van der Waals surface area contributed by atoms with Gasteiger partial charge in [0.05, 0.1) is 15.9 Å². The maximum Gasteiger partial charge on any atom is 0.126 e. The van der Waals surface area contributed by atoms with Gasteiger partial charge in [-0.15, -0.1) is 11.3 Å². The van der Waals surface area contributed by atoms with Crippen molar-refractivity contribution >= 4 is 42.4 Å². The van der Waals surface area contributed by atoms with Crippen LogP contribution < -0.4 is 0 Å². The molecule has 0 bridgehead atoms. The molecule has 3 heteroatoms. The summed E-state index contributed by atoms with van der Waals surface area (Å²) < 4.78 is 2.52. The van der Waals surface area contributed by atoms with Gasteiger partial charge in [-0.25, -0.2) is 9.97 Å². The van der Waals surface area contributed by atoms with Gasteiger partial charge in [0.2, 0.25) is 0 Å². The van der Waals surface area contributed by atoms with Gasteiger partial charge in [0.1, 0.15) is 5.82 Å². The minimum Gasteiger partial charge on any atom is -0.237 e. The summed E-state index contributed by atoms with van der Waals surface area (Å²) in [6, 6.07) is 12.9. The van der Waals surface area contributed by atoms with Crippen LogP contribution in [0.1, 0.15) is 11.5 Å². The van der Waals surface area contributed by atoms with Crippen molar-refractivity contribution in [3.8, 4) is 0 Å². The fourth-order valence-corrected chi connectivity index (χ4v) is 3.87. The highest BCUT2D eigenvalue weighted by Gasteiger charge is 2.12. The van der Waals surface area contributed by atoms with E-state index in [2.05, 4.69) is 53.3 Å². The second kappa shape index (κ2) is 3.75. The first-order chi connectivity index (χ1) is 9.24. The topological polar surface area (TPSA) is 25.8 Å². The number of hydrogen-bond donors (Lipinski definition) is 0. The van der Waals surface area contributed by atoms with E-state index in [4.69, 9.17) is 0 Å². The molecule has 0 saturated heterocycles. The lowest BCUT2D eigenvalue weighted by Gasteiger charge is -1.98. The number of benzene rings is 2. The lowest BCUT2D eigenvalue weighted by molar-refractivity contribution is 1.06. The highest BCUT2D eigenvalue weighted by molar-refractivity contribution is 7.26. The van der Waals surface area contributed by atoms with E-state index in [0.717, 1.165) is 17.0 Å². The van der Waals surface area contributed by atoms with E-state index in [-0.39, 0.29) is 0 Å². The van der Waals surface area contributed by atoms with Crippen LogP contribution in [0.3, 0.4) is 0 Å². The normalized spacial score (nSPS) is 11.7. The lowest BCUT2D eigenvalue weighted by atomic mass is 10.1. The number of thiophene rings is 1. The second-order valence-corrected chi connectivity index (χ2v) is 5.82. The summed E-state index contributed by atoms with van der Waals surface area (Å²) in [5.74, 6) is 0.845. The number of hydrogen-bond acceptors (Lipinski definition) is 3. The van der Waals surface area contributed by atoms with Gasteiger partial charge in [-0.3, -0.25) is 0 Å². The van der Waals surface area contributed by atoms with Gasteiger partial charge in [0.15, 0.2) is 0 Å². The van der Waals surface area contributed by atoms with Crippen molar-refractivity contribution in [2.75, 3.05) is 0 Å². The Hall–Kier alpha value is -2.00. The number of fused-ring (bicyclic) bond motifs is 5. The molecule has 0 N–H and O–H groups in total. The average molecular weight is 264 g/mol. The quantitative estimate of drug-likeness (QED) is 0.463. The molecule has 0 saturated carbocycles. The molecule has 4 aromatic rings. The Balaban J connectivity index is 2.31.